The second-order valence-corrected chi connectivity index (χ2v) is 6.97. The first kappa shape index (κ1) is 18.8. The topological polar surface area (TPSA) is 93.7 Å². The van der Waals surface area contributed by atoms with Gasteiger partial charge >= 0.3 is 0 Å². The zero-order valence-electron chi connectivity index (χ0n) is 14.2. The monoisotopic (exact) mass is 364 g/mol. The molecule has 0 heterocycles. The molecular weight excluding hydrogens is 344 g/mol. The van der Waals surface area contributed by atoms with Gasteiger partial charge in [-0.3, -0.25) is 4.79 Å². The molecule has 2 N–H and O–H groups in total. The van der Waals surface area contributed by atoms with Crippen molar-refractivity contribution >= 4 is 21.6 Å². The highest BCUT2D eigenvalue weighted by Crippen LogP contribution is 2.25. The number of rotatable bonds is 7. The summed E-state index contributed by atoms with van der Waals surface area (Å²) in [6.07, 6.45) is 0. The van der Waals surface area contributed by atoms with Crippen LogP contribution in [0.3, 0.4) is 0 Å². The summed E-state index contributed by atoms with van der Waals surface area (Å²) in [5, 5.41) is 2.58. The molecule has 0 aromatic heterocycles. The zero-order chi connectivity index (χ0) is 18.4. The number of amides is 1. The fourth-order valence-electron chi connectivity index (χ4n) is 2.17. The van der Waals surface area contributed by atoms with Crippen LogP contribution in [0.25, 0.3) is 0 Å². The highest BCUT2D eigenvalue weighted by molar-refractivity contribution is 7.89. The van der Waals surface area contributed by atoms with E-state index in [-0.39, 0.29) is 17.3 Å². The van der Waals surface area contributed by atoms with Crippen LogP contribution in [-0.4, -0.2) is 28.5 Å². The van der Waals surface area contributed by atoms with Crippen molar-refractivity contribution in [3.8, 4) is 11.5 Å². The number of hydrogen-bond acceptors (Lipinski definition) is 5. The largest absolute Gasteiger partial charge is 0.497 e. The van der Waals surface area contributed by atoms with Crippen LogP contribution in [0, 0.1) is 0 Å². The van der Waals surface area contributed by atoms with Crippen molar-refractivity contribution in [2.45, 2.75) is 18.4 Å². The Morgan fingerprint density at radius 3 is 2.28 bits per heavy atom. The second-order valence-electron chi connectivity index (χ2n) is 5.21. The Morgan fingerprint density at radius 2 is 1.72 bits per heavy atom. The van der Waals surface area contributed by atoms with E-state index in [1.165, 1.54) is 38.3 Å². The van der Waals surface area contributed by atoms with Crippen LogP contribution in [0.2, 0.25) is 0 Å². The van der Waals surface area contributed by atoms with Gasteiger partial charge in [0, 0.05) is 30.8 Å². The summed E-state index contributed by atoms with van der Waals surface area (Å²) in [5.41, 5.74) is 1.21. The van der Waals surface area contributed by atoms with Crippen LogP contribution in [0.1, 0.15) is 12.5 Å². The highest BCUT2D eigenvalue weighted by Gasteiger charge is 2.15. The molecule has 0 aliphatic heterocycles. The number of carbonyl (C=O) groups excluding carboxylic acids is 1. The standard InChI is InChI=1S/C17H20N2O5S/c1-12(20)19-14-5-8-16(9-6-14)25(21,22)18-11-13-4-7-15(23-2)10-17(13)24-3/h4-10,18H,11H2,1-3H3,(H,19,20). The molecular formula is C17H20N2O5S. The van der Waals surface area contributed by atoms with Crippen LogP contribution in [0.5, 0.6) is 11.5 Å². The molecule has 0 aliphatic rings. The lowest BCUT2D eigenvalue weighted by molar-refractivity contribution is -0.114. The van der Waals surface area contributed by atoms with Crippen LogP contribution in [0.4, 0.5) is 5.69 Å². The molecule has 0 bridgehead atoms. The van der Waals surface area contributed by atoms with E-state index < -0.39 is 10.0 Å². The molecule has 0 spiro atoms. The molecule has 0 saturated heterocycles. The number of sulfonamides is 1. The molecule has 0 atom stereocenters. The van der Waals surface area contributed by atoms with E-state index in [1.807, 2.05) is 0 Å². The summed E-state index contributed by atoms with van der Waals surface area (Å²) in [4.78, 5) is 11.1. The molecule has 0 fully saturated rings. The number of methoxy groups -OCH3 is 2. The first-order valence-electron chi connectivity index (χ1n) is 7.44. The van der Waals surface area contributed by atoms with Gasteiger partial charge in [-0.2, -0.15) is 0 Å². The Labute approximate surface area is 147 Å². The molecule has 2 rings (SSSR count). The number of ether oxygens (including phenoxy) is 2. The average molecular weight is 364 g/mol. The normalized spacial score (nSPS) is 11.0. The Bertz CT molecular complexity index is 848. The minimum absolute atomic E-state index is 0.0724. The molecule has 0 radical (unpaired) electrons. The zero-order valence-corrected chi connectivity index (χ0v) is 15.0. The van der Waals surface area contributed by atoms with E-state index in [2.05, 4.69) is 10.0 Å². The maximum Gasteiger partial charge on any atom is 0.240 e. The molecule has 0 aliphatic carbocycles. The molecule has 134 valence electrons. The maximum absolute atomic E-state index is 12.4. The van der Waals surface area contributed by atoms with Crippen LogP contribution < -0.4 is 19.5 Å². The fourth-order valence-corrected chi connectivity index (χ4v) is 3.18. The SMILES string of the molecule is COc1ccc(CNS(=O)(=O)c2ccc(NC(C)=O)cc2)c(OC)c1. The second kappa shape index (κ2) is 8.00. The van der Waals surface area contributed by atoms with E-state index in [4.69, 9.17) is 9.47 Å². The van der Waals surface area contributed by atoms with Gasteiger partial charge in [0.15, 0.2) is 0 Å². The van der Waals surface area contributed by atoms with Crippen LogP contribution in [0.15, 0.2) is 47.4 Å². The molecule has 8 heteroatoms. The van der Waals surface area contributed by atoms with E-state index in [9.17, 15) is 13.2 Å². The summed E-state index contributed by atoms with van der Waals surface area (Å²) in [7, 11) is -0.643. The van der Waals surface area contributed by atoms with Gasteiger partial charge in [0.2, 0.25) is 15.9 Å². The van der Waals surface area contributed by atoms with Gasteiger partial charge in [-0.05, 0) is 30.3 Å². The predicted molar refractivity (Wildman–Crippen MR) is 94.3 cm³/mol. The van der Waals surface area contributed by atoms with Crippen LogP contribution >= 0.6 is 0 Å². The molecule has 0 unspecified atom stereocenters. The first-order valence-corrected chi connectivity index (χ1v) is 8.92. The van der Waals surface area contributed by atoms with Gasteiger partial charge < -0.3 is 14.8 Å². The Balaban J connectivity index is 2.12. The summed E-state index contributed by atoms with van der Waals surface area (Å²) >= 11 is 0. The minimum Gasteiger partial charge on any atom is -0.497 e. The van der Waals surface area contributed by atoms with Crippen molar-refractivity contribution in [3.05, 3.63) is 48.0 Å². The Kier molecular flexibility index (Phi) is 6.00. The van der Waals surface area contributed by atoms with Gasteiger partial charge in [0.05, 0.1) is 19.1 Å². The molecule has 0 saturated carbocycles. The van der Waals surface area contributed by atoms with Crippen molar-refractivity contribution in [1.82, 2.24) is 4.72 Å². The Hall–Kier alpha value is -2.58. The first-order chi connectivity index (χ1) is 11.9. The lowest BCUT2D eigenvalue weighted by Gasteiger charge is -2.12. The predicted octanol–water partition coefficient (Wildman–Crippen LogP) is 2.14. The number of hydrogen-bond donors (Lipinski definition) is 2. The van der Waals surface area contributed by atoms with Gasteiger partial charge in [-0.15, -0.1) is 0 Å². The molecule has 2 aromatic rings. The quantitative estimate of drug-likeness (QED) is 0.785. The number of benzene rings is 2. The van der Waals surface area contributed by atoms with Crippen molar-refractivity contribution in [1.29, 1.82) is 0 Å². The third kappa shape index (κ3) is 4.94. The summed E-state index contributed by atoms with van der Waals surface area (Å²) in [6.45, 7) is 1.46. The third-order valence-corrected chi connectivity index (χ3v) is 4.85. The average Bonchev–Trinajstić information content (AvgIpc) is 2.59. The smallest absolute Gasteiger partial charge is 0.240 e. The lowest BCUT2D eigenvalue weighted by atomic mass is 10.2. The summed E-state index contributed by atoms with van der Waals surface area (Å²) in [6, 6.07) is 11.1. The molecule has 7 nitrogen and oxygen atoms in total. The number of nitrogens with one attached hydrogen (secondary N) is 2. The van der Waals surface area contributed by atoms with Gasteiger partial charge in [0.1, 0.15) is 11.5 Å². The fraction of sp³-hybridized carbons (Fsp3) is 0.235. The number of anilines is 1. The van der Waals surface area contributed by atoms with Crippen molar-refractivity contribution < 1.29 is 22.7 Å². The highest BCUT2D eigenvalue weighted by atomic mass is 32.2. The lowest BCUT2D eigenvalue weighted by Crippen LogP contribution is -2.23. The number of carbonyl (C=O) groups is 1. The maximum atomic E-state index is 12.4. The van der Waals surface area contributed by atoms with Crippen molar-refractivity contribution in [2.75, 3.05) is 19.5 Å². The molecule has 25 heavy (non-hydrogen) atoms. The van der Waals surface area contributed by atoms with E-state index in [0.29, 0.717) is 22.7 Å². The molecule has 1 amide bonds. The third-order valence-electron chi connectivity index (χ3n) is 3.43. The van der Waals surface area contributed by atoms with E-state index in [0.717, 1.165) is 0 Å². The minimum atomic E-state index is -3.69. The van der Waals surface area contributed by atoms with Crippen LogP contribution in [-0.2, 0) is 21.4 Å². The van der Waals surface area contributed by atoms with Gasteiger partial charge in [0.25, 0.3) is 0 Å². The van der Waals surface area contributed by atoms with Crippen molar-refractivity contribution in [3.63, 3.8) is 0 Å². The van der Waals surface area contributed by atoms with E-state index >= 15 is 0 Å². The van der Waals surface area contributed by atoms with Gasteiger partial charge in [-0.1, -0.05) is 6.07 Å². The van der Waals surface area contributed by atoms with Crippen molar-refractivity contribution in [2.24, 2.45) is 0 Å². The summed E-state index contributed by atoms with van der Waals surface area (Å²) < 4.78 is 37.7. The van der Waals surface area contributed by atoms with E-state index in [1.54, 1.807) is 25.3 Å². The summed E-state index contributed by atoms with van der Waals surface area (Å²) in [5.74, 6) is 0.931. The molecule has 2 aromatic carbocycles. The Morgan fingerprint density at radius 1 is 1.04 bits per heavy atom. The van der Waals surface area contributed by atoms with Gasteiger partial charge in [-0.25, -0.2) is 13.1 Å².